The van der Waals surface area contributed by atoms with Crippen molar-refractivity contribution in [2.45, 2.75) is 25.6 Å². The van der Waals surface area contributed by atoms with Crippen LogP contribution in [-0.4, -0.2) is 0 Å². The van der Waals surface area contributed by atoms with Gasteiger partial charge in [0.15, 0.2) is 0 Å². The average molecular weight is 321 g/mol. The lowest BCUT2D eigenvalue weighted by Gasteiger charge is -1.91. The zero-order valence-corrected chi connectivity index (χ0v) is 13.4. The molecule has 0 nitrogen and oxygen atoms in total. The Kier molecular flexibility index (Phi) is 3.16. The van der Waals surface area contributed by atoms with E-state index in [4.69, 9.17) is 23.2 Å². The number of hydrogen-bond donors (Lipinski definition) is 0. The molecule has 0 spiro atoms. The summed E-state index contributed by atoms with van der Waals surface area (Å²) in [6.45, 7) is 4.35. The van der Waals surface area contributed by atoms with E-state index >= 15 is 0 Å². The van der Waals surface area contributed by atoms with Crippen LogP contribution in [0.1, 0.15) is 20.9 Å². The molecule has 0 amide bonds. The Bertz CT molecular complexity index is 643. The third-order valence-electron chi connectivity index (χ3n) is 3.03. The van der Waals surface area contributed by atoms with Crippen LogP contribution < -0.4 is 0 Å². The summed E-state index contributed by atoms with van der Waals surface area (Å²) in [6, 6.07) is 0. The fraction of sp³-hybridized carbons (Fsp3) is 0.333. The Morgan fingerprint density at radius 3 is 1.47 bits per heavy atom. The fourth-order valence-corrected chi connectivity index (χ4v) is 6.86. The van der Waals surface area contributed by atoms with Crippen molar-refractivity contribution in [3.05, 3.63) is 20.9 Å². The van der Waals surface area contributed by atoms with Crippen LogP contribution in [0.4, 0.5) is 0 Å². The summed E-state index contributed by atoms with van der Waals surface area (Å²) in [4.78, 5) is 2.60. The van der Waals surface area contributed by atoms with Crippen LogP contribution in [0.25, 0.3) is 18.8 Å². The van der Waals surface area contributed by atoms with Gasteiger partial charge in [0.2, 0.25) is 0 Å². The molecule has 0 aromatic carbocycles. The molecule has 0 bridgehead atoms. The summed E-state index contributed by atoms with van der Waals surface area (Å²) in [5.41, 5.74) is 2.72. The standard InChI is InChI=1S/C12H10Cl2S3/c1-5-7(3-13)15-11-9(5)17-10-6(2)8(4-14)16-12(10)11/h3-4H2,1-2H3. The van der Waals surface area contributed by atoms with E-state index in [2.05, 4.69) is 13.8 Å². The highest BCUT2D eigenvalue weighted by atomic mass is 35.5. The maximum atomic E-state index is 5.97. The normalized spacial score (nSPS) is 12.0. The van der Waals surface area contributed by atoms with E-state index < -0.39 is 0 Å². The average Bonchev–Trinajstić information content (AvgIpc) is 2.92. The summed E-state index contributed by atoms with van der Waals surface area (Å²) in [7, 11) is 0. The molecule has 3 rings (SSSR count). The van der Waals surface area contributed by atoms with Crippen LogP contribution in [0.3, 0.4) is 0 Å². The first-order valence-electron chi connectivity index (χ1n) is 5.22. The van der Waals surface area contributed by atoms with Crippen LogP contribution in [0.15, 0.2) is 0 Å². The lowest BCUT2D eigenvalue weighted by atomic mass is 10.2. The van der Waals surface area contributed by atoms with Gasteiger partial charge in [-0.25, -0.2) is 0 Å². The third-order valence-corrected chi connectivity index (χ3v) is 8.32. The van der Waals surface area contributed by atoms with Crippen molar-refractivity contribution in [1.29, 1.82) is 0 Å². The van der Waals surface area contributed by atoms with Gasteiger partial charge in [-0.1, -0.05) is 0 Å². The topological polar surface area (TPSA) is 0 Å². The molecule has 0 radical (unpaired) electrons. The van der Waals surface area contributed by atoms with E-state index in [9.17, 15) is 0 Å². The summed E-state index contributed by atoms with van der Waals surface area (Å²) in [6.07, 6.45) is 0. The number of alkyl halides is 2. The zero-order chi connectivity index (χ0) is 12.2. The Labute approximate surface area is 122 Å². The van der Waals surface area contributed by atoms with Crippen molar-refractivity contribution in [2.24, 2.45) is 0 Å². The van der Waals surface area contributed by atoms with Crippen molar-refractivity contribution in [1.82, 2.24) is 0 Å². The molecule has 0 aliphatic heterocycles. The maximum absolute atomic E-state index is 5.97. The molecule has 17 heavy (non-hydrogen) atoms. The maximum Gasteiger partial charge on any atom is 0.0635 e. The van der Waals surface area contributed by atoms with Gasteiger partial charge < -0.3 is 0 Å². The molecule has 0 aliphatic carbocycles. The van der Waals surface area contributed by atoms with E-state index in [1.54, 1.807) is 0 Å². The SMILES string of the molecule is Cc1c(CCl)sc2c1sc1c(C)c(CCl)sc12. The minimum atomic E-state index is 0.617. The Morgan fingerprint density at radius 1 is 0.706 bits per heavy atom. The van der Waals surface area contributed by atoms with Crippen LogP contribution in [0.2, 0.25) is 0 Å². The van der Waals surface area contributed by atoms with Gasteiger partial charge in [0, 0.05) is 9.75 Å². The highest BCUT2D eigenvalue weighted by Crippen LogP contribution is 2.48. The first-order valence-corrected chi connectivity index (χ1v) is 8.73. The van der Waals surface area contributed by atoms with Crippen molar-refractivity contribution in [2.75, 3.05) is 0 Å². The first kappa shape index (κ1) is 12.2. The van der Waals surface area contributed by atoms with E-state index in [1.807, 2.05) is 34.0 Å². The Hall–Kier alpha value is 0.200. The minimum Gasteiger partial charge on any atom is -0.136 e. The number of rotatable bonds is 2. The van der Waals surface area contributed by atoms with Gasteiger partial charge >= 0.3 is 0 Å². The molecule has 0 saturated heterocycles. The molecule has 0 aliphatic rings. The first-order chi connectivity index (χ1) is 8.17. The molecule has 0 unspecified atom stereocenters. The van der Waals surface area contributed by atoms with Crippen molar-refractivity contribution in [3.63, 3.8) is 0 Å². The summed E-state index contributed by atoms with van der Waals surface area (Å²) in [5.74, 6) is 1.23. The van der Waals surface area contributed by atoms with Crippen LogP contribution in [-0.2, 0) is 11.8 Å². The van der Waals surface area contributed by atoms with Gasteiger partial charge in [-0.2, -0.15) is 0 Å². The molecular weight excluding hydrogens is 311 g/mol. The minimum absolute atomic E-state index is 0.617. The highest BCUT2D eigenvalue weighted by molar-refractivity contribution is 7.39. The largest absolute Gasteiger partial charge is 0.136 e. The van der Waals surface area contributed by atoms with Gasteiger partial charge in [0.05, 0.1) is 30.6 Å². The fourth-order valence-electron chi connectivity index (χ4n) is 1.99. The second kappa shape index (κ2) is 4.39. The number of fused-ring (bicyclic) bond motifs is 3. The summed E-state index contributed by atoms with van der Waals surface area (Å²) >= 11 is 17.5. The van der Waals surface area contributed by atoms with Gasteiger partial charge in [0.1, 0.15) is 0 Å². The molecule has 0 atom stereocenters. The summed E-state index contributed by atoms with van der Waals surface area (Å²) in [5, 5.41) is 0. The van der Waals surface area contributed by atoms with E-state index in [0.29, 0.717) is 11.8 Å². The predicted octanol–water partition coefficient (Wildman–Crippen LogP) is 6.27. The lowest BCUT2D eigenvalue weighted by molar-refractivity contribution is 1.42. The van der Waals surface area contributed by atoms with Gasteiger partial charge in [-0.05, 0) is 25.0 Å². The molecular formula is C12H10Cl2S3. The second-order valence-corrected chi connectivity index (χ2v) is 7.75. The van der Waals surface area contributed by atoms with Gasteiger partial charge in [0.25, 0.3) is 0 Å². The van der Waals surface area contributed by atoms with Gasteiger partial charge in [-0.15, -0.1) is 57.2 Å². The lowest BCUT2D eigenvalue weighted by Crippen LogP contribution is -1.73. The number of thiophene rings is 3. The molecule has 0 N–H and O–H groups in total. The molecule has 0 saturated carbocycles. The van der Waals surface area contributed by atoms with E-state index in [-0.39, 0.29) is 0 Å². The predicted molar refractivity (Wildman–Crippen MR) is 83.7 cm³/mol. The van der Waals surface area contributed by atoms with Gasteiger partial charge in [-0.3, -0.25) is 0 Å². The van der Waals surface area contributed by atoms with Crippen molar-refractivity contribution < 1.29 is 0 Å². The number of halogens is 2. The van der Waals surface area contributed by atoms with Crippen LogP contribution >= 0.6 is 57.2 Å². The number of hydrogen-bond acceptors (Lipinski definition) is 3. The van der Waals surface area contributed by atoms with Crippen LogP contribution in [0.5, 0.6) is 0 Å². The monoisotopic (exact) mass is 320 g/mol. The van der Waals surface area contributed by atoms with Crippen LogP contribution in [0, 0.1) is 13.8 Å². The molecule has 3 heterocycles. The second-order valence-electron chi connectivity index (χ2n) is 3.99. The molecule has 3 aromatic heterocycles. The van der Waals surface area contributed by atoms with E-state index in [0.717, 1.165) is 0 Å². The highest BCUT2D eigenvalue weighted by Gasteiger charge is 2.18. The molecule has 90 valence electrons. The van der Waals surface area contributed by atoms with Crippen molar-refractivity contribution in [3.8, 4) is 0 Å². The summed E-state index contributed by atoms with van der Waals surface area (Å²) < 4.78 is 5.64. The smallest absolute Gasteiger partial charge is 0.0635 e. The quantitative estimate of drug-likeness (QED) is 0.488. The van der Waals surface area contributed by atoms with Crippen molar-refractivity contribution >= 4 is 76.0 Å². The number of aryl methyl sites for hydroxylation is 2. The third kappa shape index (κ3) is 1.67. The Balaban J connectivity index is 2.41. The molecule has 3 aromatic rings. The van der Waals surface area contributed by atoms with E-state index in [1.165, 1.54) is 39.7 Å². The molecule has 5 heteroatoms. The molecule has 0 fully saturated rings. The zero-order valence-electron chi connectivity index (χ0n) is 9.39. The Morgan fingerprint density at radius 2 is 1.12 bits per heavy atom.